The third kappa shape index (κ3) is 24.8. The minimum absolute atomic E-state index is 0.0995. The molecule has 6 aromatic heterocycles. The van der Waals surface area contributed by atoms with E-state index in [9.17, 15) is 39.5 Å². The fraction of sp³-hybridized carbons (Fsp3) is 0.234. The van der Waals surface area contributed by atoms with Gasteiger partial charge in [-0.05, 0) is 199 Å². The van der Waals surface area contributed by atoms with E-state index in [2.05, 4.69) is 85.1 Å². The number of benzene rings is 6. The highest BCUT2D eigenvalue weighted by atomic mass is 19.2. The minimum atomic E-state index is -0.847. The highest BCUT2D eigenvalue weighted by Gasteiger charge is 2.11. The van der Waals surface area contributed by atoms with Crippen molar-refractivity contribution in [3.05, 3.63) is 312 Å². The predicted molar refractivity (Wildman–Crippen MR) is 360 cm³/mol. The fourth-order valence-corrected chi connectivity index (χ4v) is 8.06. The van der Waals surface area contributed by atoms with E-state index in [0.29, 0.717) is 44.3 Å². The van der Waals surface area contributed by atoms with E-state index in [4.69, 9.17) is 0 Å². The maximum atomic E-state index is 13.5. The summed E-state index contributed by atoms with van der Waals surface area (Å²) in [5.41, 5.74) is 13.3. The lowest BCUT2D eigenvalue weighted by molar-refractivity contribution is 0.491. The summed E-state index contributed by atoms with van der Waals surface area (Å²) < 4.78 is 115. The van der Waals surface area contributed by atoms with Crippen LogP contribution < -0.4 is 0 Å². The molecule has 0 aliphatic carbocycles. The molecule has 0 bridgehead atoms. The first kappa shape index (κ1) is 75.8. The molecule has 16 heteroatoms. The van der Waals surface area contributed by atoms with Crippen LogP contribution in [-0.4, -0.2) is 34.9 Å². The van der Waals surface area contributed by atoms with Gasteiger partial charge in [-0.1, -0.05) is 113 Å². The van der Waals surface area contributed by atoms with E-state index in [0.717, 1.165) is 55.9 Å². The number of aromatic nitrogens is 7. The summed E-state index contributed by atoms with van der Waals surface area (Å²) in [6, 6.07) is 39.6. The number of rotatable bonds is 0. The van der Waals surface area contributed by atoms with Gasteiger partial charge in [-0.2, -0.15) is 8.78 Å². The summed E-state index contributed by atoms with van der Waals surface area (Å²) in [6.45, 7) is 32.1. The molecule has 0 saturated heterocycles. The highest BCUT2D eigenvalue weighted by molar-refractivity contribution is 5.86. The van der Waals surface area contributed by atoms with Crippen LogP contribution in [0, 0.1) is 177 Å². The van der Waals surface area contributed by atoms with Gasteiger partial charge in [0.15, 0.2) is 23.3 Å². The SMILES string of the molecule is Cc1cc(F)c(C)cn1.Cc1ccc(C)c(F)n1.Cc1ccc(C)c(F)n1.Cc1ccc2c(F)c(C)ccc2c1.Cc1ccc2cc(C)c(F)c(F)c2c1.Cc1ccc2cc(C)ccc2c1.Cc1cnc(C)c(F)c1.Cc1cnc(C)c(F)c1F.Cc1cnc(C)cn1. The van der Waals surface area contributed by atoms with Crippen LogP contribution in [0.1, 0.15) is 101 Å². The number of pyridine rings is 5. The van der Waals surface area contributed by atoms with E-state index in [-0.39, 0.29) is 40.6 Å². The number of fused-ring (bicyclic) bond motifs is 3. The summed E-state index contributed by atoms with van der Waals surface area (Å²) in [6.07, 6.45) is 8.02. The molecule has 0 spiro atoms. The standard InChI is InChI=1S/C12H10F2.C12H11F.C12H12.C7H7F2N.4C7H8FN.C6H8N2/c1-7-3-4-9-6-8(2)11(13)12(14)10(9)5-7;1-8-3-6-11-10(7-8)5-4-9(2)12(11)13;1-9-3-5-12-8-10(2)4-6-11(12)7-9;1-4-3-10-5(2)7(9)6(4)8;1-5-4-9-6(2)3-7(5)8;1-5-3-7(8)6(2)9-4-5;2*1-5-3-4-6(2)9-7(5)8;1-5-3-8-6(2)4-7-5/h3-6H,1-2H3;3-7H,1-2H3;3-8H,1-2H3;3H,1-2H3;4*3-4H,1-2H3;3-4H,1-2H3. The van der Waals surface area contributed by atoms with E-state index in [1.165, 1.54) is 60.3 Å². The van der Waals surface area contributed by atoms with Crippen molar-refractivity contribution in [3.63, 3.8) is 0 Å². The summed E-state index contributed by atoms with van der Waals surface area (Å²) >= 11 is 0. The summed E-state index contributed by atoms with van der Waals surface area (Å²) in [5.74, 6) is -4.38. The molecule has 486 valence electrons. The van der Waals surface area contributed by atoms with Gasteiger partial charge in [0.25, 0.3) is 0 Å². The molecular weight excluding hydrogens is 1190 g/mol. The van der Waals surface area contributed by atoms with Crippen LogP contribution >= 0.6 is 0 Å². The average molecular weight is 1270 g/mol. The lowest BCUT2D eigenvalue weighted by Gasteiger charge is -2.04. The first-order valence-corrected chi connectivity index (χ1v) is 29.6. The molecule has 0 fully saturated rings. The molecule has 0 saturated carbocycles. The molecule has 0 aliphatic heterocycles. The van der Waals surface area contributed by atoms with Crippen molar-refractivity contribution in [2.75, 3.05) is 0 Å². The van der Waals surface area contributed by atoms with Crippen LogP contribution in [0.4, 0.5) is 39.5 Å². The topological polar surface area (TPSA) is 90.2 Å². The molecular formula is C77H80F9N7. The molecule has 0 unspecified atom stereocenters. The Bertz CT molecular complexity index is 4150. The summed E-state index contributed by atoms with van der Waals surface area (Å²) in [7, 11) is 0. The van der Waals surface area contributed by atoms with Gasteiger partial charge in [0.2, 0.25) is 11.9 Å². The Morgan fingerprint density at radius 3 is 1.10 bits per heavy atom. The van der Waals surface area contributed by atoms with Gasteiger partial charge in [0.1, 0.15) is 17.5 Å². The molecule has 0 radical (unpaired) electrons. The van der Waals surface area contributed by atoms with Crippen molar-refractivity contribution in [2.24, 2.45) is 0 Å². The van der Waals surface area contributed by atoms with Crippen LogP contribution in [0.25, 0.3) is 32.3 Å². The predicted octanol–water partition coefficient (Wildman–Crippen LogP) is 21.2. The second kappa shape index (κ2) is 36.4. The zero-order valence-electron chi connectivity index (χ0n) is 56.0. The number of hydrogen-bond acceptors (Lipinski definition) is 7. The third-order valence-electron chi connectivity index (χ3n) is 13.7. The largest absolute Gasteiger partial charge is 0.261 e. The maximum Gasteiger partial charge on any atom is 0.215 e. The molecule has 12 aromatic rings. The lowest BCUT2D eigenvalue weighted by Crippen LogP contribution is -1.95. The molecule has 0 atom stereocenters. The van der Waals surface area contributed by atoms with Crippen LogP contribution in [0.3, 0.4) is 0 Å². The average Bonchev–Trinajstić information content (AvgIpc) is 0.852. The van der Waals surface area contributed by atoms with Crippen LogP contribution in [0.15, 0.2) is 158 Å². The molecule has 0 N–H and O–H groups in total. The number of nitrogens with zero attached hydrogens (tertiary/aromatic N) is 7. The Morgan fingerprint density at radius 2 is 0.645 bits per heavy atom. The number of aryl methyl sites for hydroxylation is 18. The second-order valence-electron chi connectivity index (χ2n) is 22.6. The van der Waals surface area contributed by atoms with Gasteiger partial charge in [-0.3, -0.25) is 24.9 Å². The monoisotopic (exact) mass is 1270 g/mol. The molecule has 6 aromatic carbocycles. The van der Waals surface area contributed by atoms with Crippen molar-refractivity contribution >= 4 is 32.3 Å². The fourth-order valence-electron chi connectivity index (χ4n) is 8.06. The first-order valence-electron chi connectivity index (χ1n) is 29.6. The second-order valence-corrected chi connectivity index (χ2v) is 22.6. The summed E-state index contributed by atoms with van der Waals surface area (Å²) in [5, 5.41) is 5.45. The zero-order chi connectivity index (χ0) is 69.4. The highest BCUT2D eigenvalue weighted by Crippen LogP contribution is 2.25. The molecule has 12 rings (SSSR count). The molecule has 7 nitrogen and oxygen atoms in total. The molecule has 93 heavy (non-hydrogen) atoms. The van der Waals surface area contributed by atoms with Gasteiger partial charge >= 0.3 is 0 Å². The van der Waals surface area contributed by atoms with Crippen molar-refractivity contribution in [1.29, 1.82) is 0 Å². The molecule has 0 aliphatic rings. The Balaban J connectivity index is 0.000000224. The minimum Gasteiger partial charge on any atom is -0.261 e. The van der Waals surface area contributed by atoms with Crippen molar-refractivity contribution in [1.82, 2.24) is 34.9 Å². The summed E-state index contributed by atoms with van der Waals surface area (Å²) in [4.78, 5) is 26.6. The van der Waals surface area contributed by atoms with Crippen molar-refractivity contribution < 1.29 is 39.5 Å². The number of hydrogen-bond donors (Lipinski definition) is 0. The third-order valence-corrected chi connectivity index (χ3v) is 13.7. The van der Waals surface area contributed by atoms with E-state index < -0.39 is 23.3 Å². The quantitative estimate of drug-likeness (QED) is 0.110. The number of halogens is 9. The van der Waals surface area contributed by atoms with Crippen LogP contribution in [0.5, 0.6) is 0 Å². The normalized spacial score (nSPS) is 10.1. The van der Waals surface area contributed by atoms with Crippen LogP contribution in [0.2, 0.25) is 0 Å². The zero-order valence-corrected chi connectivity index (χ0v) is 56.0. The lowest BCUT2D eigenvalue weighted by atomic mass is 10.0. The first-order chi connectivity index (χ1) is 43.7. The Morgan fingerprint density at radius 1 is 0.226 bits per heavy atom. The molecule has 0 amide bonds. The smallest absolute Gasteiger partial charge is 0.215 e. The Kier molecular flexibility index (Phi) is 29.6. The Labute approximate surface area is 541 Å². The van der Waals surface area contributed by atoms with Crippen molar-refractivity contribution in [3.8, 4) is 0 Å². The Hall–Kier alpha value is -9.70. The van der Waals surface area contributed by atoms with Crippen molar-refractivity contribution in [2.45, 2.75) is 125 Å². The molecule has 6 heterocycles. The van der Waals surface area contributed by atoms with Gasteiger partial charge in [-0.15, -0.1) is 0 Å². The maximum absolute atomic E-state index is 13.5. The van der Waals surface area contributed by atoms with Gasteiger partial charge < -0.3 is 0 Å². The van der Waals surface area contributed by atoms with Crippen LogP contribution in [-0.2, 0) is 0 Å². The van der Waals surface area contributed by atoms with E-state index in [1.54, 1.807) is 123 Å². The van der Waals surface area contributed by atoms with Gasteiger partial charge in [-0.25, -0.2) is 40.7 Å². The van der Waals surface area contributed by atoms with Gasteiger partial charge in [0, 0.05) is 81.1 Å². The van der Waals surface area contributed by atoms with E-state index >= 15 is 0 Å². The van der Waals surface area contributed by atoms with Gasteiger partial charge in [0.05, 0.1) is 22.8 Å². The van der Waals surface area contributed by atoms with E-state index in [1.807, 2.05) is 71.0 Å².